The molecule has 4 aliphatic rings. The number of benzene rings is 6. The number of aliphatic hydroxyl groups is 3. The first kappa shape index (κ1) is 39.3. The van der Waals surface area contributed by atoms with Crippen LogP contribution in [-0.4, -0.2) is 89.8 Å². The predicted molar refractivity (Wildman–Crippen MR) is 212 cm³/mol. The highest BCUT2D eigenvalue weighted by molar-refractivity contribution is 5.72. The molecule has 18 heteroatoms. The molecule has 0 aliphatic carbocycles. The van der Waals surface area contributed by atoms with Gasteiger partial charge in [-0.25, -0.2) is 0 Å². The van der Waals surface area contributed by atoms with Gasteiger partial charge in [-0.3, -0.25) is 0 Å². The highest BCUT2D eigenvalue weighted by Gasteiger charge is 2.60. The summed E-state index contributed by atoms with van der Waals surface area (Å²) < 4.78 is 25.4. The van der Waals surface area contributed by atoms with Gasteiger partial charge >= 0.3 is 5.79 Å². The van der Waals surface area contributed by atoms with Crippen molar-refractivity contribution in [2.75, 3.05) is 0 Å². The Labute approximate surface area is 354 Å². The summed E-state index contributed by atoms with van der Waals surface area (Å²) in [4.78, 5) is 0. The molecule has 0 saturated heterocycles. The normalized spacial score (nSPS) is 25.2. The molecule has 4 aliphatic heterocycles. The van der Waals surface area contributed by atoms with E-state index in [4.69, 9.17) is 18.9 Å². The fourth-order valence-corrected chi connectivity index (χ4v) is 9.31. The van der Waals surface area contributed by atoms with Crippen molar-refractivity contribution >= 4 is 0 Å². The van der Waals surface area contributed by atoms with E-state index in [1.165, 1.54) is 24.3 Å². The van der Waals surface area contributed by atoms with Gasteiger partial charge in [-0.05, 0) is 53.6 Å². The first-order valence-corrected chi connectivity index (χ1v) is 19.3. The van der Waals surface area contributed by atoms with Crippen molar-refractivity contribution in [3.63, 3.8) is 0 Å². The van der Waals surface area contributed by atoms with Crippen LogP contribution >= 0.6 is 0 Å². The SMILES string of the molecule is Oc1cc(O)c2c(c1)OC1(c3ccc(O)c(O)c3)Oc3cc4c(c(O)c3C2C1O)C(c1c(O)cc(O)c2c1OC(c1ccc(O)c(O)c1)C(O)C2)C(O)C(c1ccc(O)c(O)c1)O4. The molecule has 2 bridgehead atoms. The largest absolute Gasteiger partial charge is 0.508 e. The Kier molecular flexibility index (Phi) is 8.49. The molecule has 324 valence electrons. The highest BCUT2D eigenvalue weighted by Crippen LogP contribution is 2.65. The lowest BCUT2D eigenvalue weighted by molar-refractivity contribution is -0.218. The van der Waals surface area contributed by atoms with Crippen molar-refractivity contribution in [2.45, 2.75) is 54.6 Å². The number of hydrogen-bond acceptors (Lipinski definition) is 18. The molecule has 0 aromatic heterocycles. The van der Waals surface area contributed by atoms with Crippen LogP contribution in [0.2, 0.25) is 0 Å². The molecule has 18 nitrogen and oxygen atoms in total. The maximum absolute atomic E-state index is 12.7. The molecule has 6 aromatic rings. The summed E-state index contributed by atoms with van der Waals surface area (Å²) in [5, 5.41) is 155. The fraction of sp³-hybridized carbons (Fsp3) is 0.200. The summed E-state index contributed by atoms with van der Waals surface area (Å²) in [7, 11) is 0. The van der Waals surface area contributed by atoms with Gasteiger partial charge in [-0.2, -0.15) is 0 Å². The number of rotatable bonds is 4. The molecule has 0 radical (unpaired) electrons. The van der Waals surface area contributed by atoms with Gasteiger partial charge in [0.05, 0.1) is 17.9 Å². The first-order valence-electron chi connectivity index (χ1n) is 19.3. The molecule has 8 unspecified atom stereocenters. The average molecular weight is 865 g/mol. The summed E-state index contributed by atoms with van der Waals surface area (Å²) in [5.74, 6) is -12.6. The zero-order valence-corrected chi connectivity index (χ0v) is 32.1. The van der Waals surface area contributed by atoms with Crippen LogP contribution in [0, 0.1) is 0 Å². The van der Waals surface area contributed by atoms with E-state index in [1.807, 2.05) is 0 Å². The highest BCUT2D eigenvalue weighted by atomic mass is 16.7. The first-order chi connectivity index (χ1) is 30.0. The van der Waals surface area contributed by atoms with Crippen LogP contribution in [0.3, 0.4) is 0 Å². The minimum absolute atomic E-state index is 0.0325. The second-order valence-corrected chi connectivity index (χ2v) is 15.9. The fourth-order valence-electron chi connectivity index (χ4n) is 9.31. The molecule has 0 fully saturated rings. The van der Waals surface area contributed by atoms with Gasteiger partial charge in [-0.15, -0.1) is 0 Å². The molecular weight excluding hydrogens is 828 g/mol. The van der Waals surface area contributed by atoms with Crippen LogP contribution in [0.25, 0.3) is 0 Å². The number of phenolic OH excluding ortho intramolecular Hbond substituents is 11. The molecule has 10 rings (SSSR count). The quantitative estimate of drug-likeness (QED) is 0.110. The lowest BCUT2D eigenvalue weighted by atomic mass is 9.72. The number of ether oxygens (including phenoxy) is 4. The predicted octanol–water partition coefficient (Wildman–Crippen LogP) is 4.24. The maximum Gasteiger partial charge on any atom is 0.305 e. The molecule has 8 atom stereocenters. The van der Waals surface area contributed by atoms with Gasteiger partial charge in [0.25, 0.3) is 0 Å². The summed E-state index contributed by atoms with van der Waals surface area (Å²) in [6, 6.07) is 15.0. The molecule has 6 aromatic carbocycles. The average Bonchev–Trinajstić information content (AvgIpc) is 3.22. The van der Waals surface area contributed by atoms with E-state index in [9.17, 15) is 71.5 Å². The molecular formula is C45H36O18. The Hall–Kier alpha value is -7.80. The Bertz CT molecular complexity index is 2910. The maximum atomic E-state index is 12.7. The number of phenols is 11. The Balaban J connectivity index is 1.23. The summed E-state index contributed by atoms with van der Waals surface area (Å²) >= 11 is 0. The van der Waals surface area contributed by atoms with Crippen LogP contribution in [0.1, 0.15) is 68.6 Å². The van der Waals surface area contributed by atoms with E-state index in [0.717, 1.165) is 54.6 Å². The number of hydrogen-bond donors (Lipinski definition) is 14. The van der Waals surface area contributed by atoms with Crippen LogP contribution < -0.4 is 18.9 Å². The Morgan fingerprint density at radius 2 is 1.03 bits per heavy atom. The molecule has 63 heavy (non-hydrogen) atoms. The zero-order valence-electron chi connectivity index (χ0n) is 32.1. The second-order valence-electron chi connectivity index (χ2n) is 15.9. The van der Waals surface area contributed by atoms with Crippen LogP contribution in [0.4, 0.5) is 0 Å². The van der Waals surface area contributed by atoms with Crippen molar-refractivity contribution in [1.82, 2.24) is 0 Å². The summed E-state index contributed by atoms with van der Waals surface area (Å²) in [6.45, 7) is 0. The third kappa shape index (κ3) is 5.68. The third-order valence-corrected chi connectivity index (χ3v) is 12.2. The molecule has 0 saturated carbocycles. The molecule has 4 heterocycles. The van der Waals surface area contributed by atoms with Gasteiger partial charge in [-0.1, -0.05) is 12.1 Å². The molecule has 0 amide bonds. The number of aromatic hydroxyl groups is 11. The van der Waals surface area contributed by atoms with Crippen LogP contribution in [-0.2, 0) is 12.2 Å². The minimum Gasteiger partial charge on any atom is -0.508 e. The monoisotopic (exact) mass is 864 g/mol. The van der Waals surface area contributed by atoms with Crippen molar-refractivity contribution in [1.29, 1.82) is 0 Å². The Morgan fingerprint density at radius 3 is 1.67 bits per heavy atom. The lowest BCUT2D eigenvalue weighted by Crippen LogP contribution is -2.57. The van der Waals surface area contributed by atoms with Crippen LogP contribution in [0.15, 0.2) is 78.9 Å². The van der Waals surface area contributed by atoms with E-state index < -0.39 is 111 Å². The van der Waals surface area contributed by atoms with Gasteiger partial charge in [0.1, 0.15) is 70.1 Å². The lowest BCUT2D eigenvalue weighted by Gasteiger charge is -2.50. The summed E-state index contributed by atoms with van der Waals surface area (Å²) in [6.07, 6.45) is -8.22. The van der Waals surface area contributed by atoms with Gasteiger partial charge in [0.15, 0.2) is 40.6 Å². The van der Waals surface area contributed by atoms with Gasteiger partial charge < -0.3 is 90.4 Å². The van der Waals surface area contributed by atoms with Crippen molar-refractivity contribution in [3.8, 4) is 86.2 Å². The standard InChI is InChI=1S/C45H36O18/c46-18-10-27(54)33-31(11-18)62-45(17-3-6-22(49)26(53)9-17)44(59)38(33)36-32(63-45)14-30-35(39(36)57)37(40(58)42(60-30)16-2-5-21(48)25(52)8-16)34-28(55)13-23(50)19-12-29(56)41(61-43(19)34)15-1-4-20(47)24(51)7-15/h1-11,13-14,29,37-38,40-42,44,46-59H,12H2. The van der Waals surface area contributed by atoms with E-state index in [2.05, 4.69) is 0 Å². The molecule has 14 N–H and O–H groups in total. The number of fused-ring (bicyclic) bond motifs is 8. The van der Waals surface area contributed by atoms with E-state index in [0.29, 0.717) is 0 Å². The van der Waals surface area contributed by atoms with Crippen molar-refractivity contribution < 1.29 is 90.4 Å². The number of aliphatic hydroxyl groups excluding tert-OH is 3. The van der Waals surface area contributed by atoms with E-state index >= 15 is 0 Å². The minimum atomic E-state index is -2.31. The zero-order chi connectivity index (χ0) is 44.5. The van der Waals surface area contributed by atoms with Gasteiger partial charge in [0.2, 0.25) is 0 Å². The van der Waals surface area contributed by atoms with Crippen molar-refractivity contribution in [2.24, 2.45) is 0 Å². The van der Waals surface area contributed by atoms with E-state index in [1.54, 1.807) is 0 Å². The second kappa shape index (κ2) is 13.6. The topological polar surface area (TPSA) is 320 Å². The van der Waals surface area contributed by atoms with Gasteiger partial charge in [0, 0.05) is 64.1 Å². The molecule has 0 spiro atoms. The third-order valence-electron chi connectivity index (χ3n) is 12.2. The smallest absolute Gasteiger partial charge is 0.305 e. The summed E-state index contributed by atoms with van der Waals surface area (Å²) in [5.41, 5.74) is -0.703. The Morgan fingerprint density at radius 1 is 0.460 bits per heavy atom. The van der Waals surface area contributed by atoms with Crippen molar-refractivity contribution in [3.05, 3.63) is 123 Å². The van der Waals surface area contributed by atoms with Crippen LogP contribution in [0.5, 0.6) is 86.2 Å². The van der Waals surface area contributed by atoms with E-state index in [-0.39, 0.29) is 73.9 Å².